The fourth-order valence-electron chi connectivity index (χ4n) is 6.51. The van der Waals surface area contributed by atoms with Crippen LogP contribution in [0.1, 0.15) is 75.7 Å². The summed E-state index contributed by atoms with van der Waals surface area (Å²) in [4.78, 5) is 27.6. The van der Waals surface area contributed by atoms with E-state index in [0.717, 1.165) is 30.4 Å². The van der Waals surface area contributed by atoms with E-state index in [1.807, 2.05) is 13.8 Å². The Labute approximate surface area is 220 Å². The molecule has 2 heterocycles. The number of epoxide rings is 1. The summed E-state index contributed by atoms with van der Waals surface area (Å²) in [6, 6.07) is 4.08. The van der Waals surface area contributed by atoms with Crippen LogP contribution in [0.5, 0.6) is 5.75 Å². The second kappa shape index (κ2) is 8.31. The number of ketones is 2. The molecule has 2 aliphatic heterocycles. The van der Waals surface area contributed by atoms with Crippen molar-refractivity contribution in [2.45, 2.75) is 69.5 Å². The fraction of sp³-hybridized carbons (Fsp3) is 0.355. The molecule has 2 aromatic rings. The number of carbonyl (C=O) groups is 2. The average Bonchev–Trinajstić information content (AvgIpc) is 3.46. The SMILES string of the molecule is CC.C[C@@H](O)[C@@]12O[C@]13c1cc(O)c4c(c1N[C@H]2C#C/C=C\C#CC3O)C(=O)c1cc2c(cc1C4=O)CCC2. The highest BCUT2D eigenvalue weighted by Gasteiger charge is 2.82. The molecule has 7 heteroatoms. The molecule has 0 aromatic heterocycles. The summed E-state index contributed by atoms with van der Waals surface area (Å²) in [5, 5.41) is 36.4. The number of benzene rings is 2. The predicted octanol–water partition coefficient (Wildman–Crippen LogP) is 2.76. The lowest BCUT2D eigenvalue weighted by atomic mass is 9.69. The van der Waals surface area contributed by atoms with Crippen molar-refractivity contribution >= 4 is 17.3 Å². The van der Waals surface area contributed by atoms with Gasteiger partial charge in [0.1, 0.15) is 11.8 Å². The van der Waals surface area contributed by atoms with Gasteiger partial charge in [0.2, 0.25) is 0 Å². The third kappa shape index (κ3) is 2.87. The van der Waals surface area contributed by atoms with E-state index in [2.05, 4.69) is 29.0 Å². The van der Waals surface area contributed by atoms with E-state index in [0.29, 0.717) is 5.56 Å². The van der Waals surface area contributed by atoms with Gasteiger partial charge in [-0.2, -0.15) is 0 Å². The number of phenolic OH excluding ortho intramolecular Hbond substituents is 1. The molecule has 3 aliphatic carbocycles. The van der Waals surface area contributed by atoms with Crippen molar-refractivity contribution < 1.29 is 29.6 Å². The van der Waals surface area contributed by atoms with E-state index in [1.165, 1.54) is 25.1 Å². The lowest BCUT2D eigenvalue weighted by Gasteiger charge is -2.37. The van der Waals surface area contributed by atoms with Crippen LogP contribution >= 0.6 is 0 Å². The second-order valence-electron chi connectivity index (χ2n) is 9.94. The van der Waals surface area contributed by atoms with Gasteiger partial charge in [-0.3, -0.25) is 9.59 Å². The Morgan fingerprint density at radius 1 is 1.00 bits per heavy atom. The molecule has 2 bridgehead atoms. The highest BCUT2D eigenvalue weighted by atomic mass is 16.7. The van der Waals surface area contributed by atoms with E-state index in [9.17, 15) is 24.9 Å². The van der Waals surface area contributed by atoms with E-state index in [4.69, 9.17) is 4.74 Å². The third-order valence-electron chi connectivity index (χ3n) is 8.17. The molecule has 0 spiro atoms. The molecule has 1 fully saturated rings. The van der Waals surface area contributed by atoms with Crippen molar-refractivity contribution in [3.8, 4) is 29.4 Å². The van der Waals surface area contributed by atoms with Gasteiger partial charge in [0.25, 0.3) is 0 Å². The number of ether oxygens (including phenoxy) is 1. The Morgan fingerprint density at radius 3 is 2.24 bits per heavy atom. The number of hydrogen-bond donors (Lipinski definition) is 4. The summed E-state index contributed by atoms with van der Waals surface area (Å²) in [7, 11) is 0. The molecular formula is C31H27NO6. The number of aliphatic hydroxyl groups excluding tert-OH is 2. The number of rotatable bonds is 1. The van der Waals surface area contributed by atoms with Gasteiger partial charge in [0.15, 0.2) is 28.9 Å². The zero-order valence-corrected chi connectivity index (χ0v) is 21.3. The zero-order chi connectivity index (χ0) is 27.0. The number of aromatic hydroxyl groups is 1. The van der Waals surface area contributed by atoms with Crippen LogP contribution in [0.3, 0.4) is 0 Å². The molecule has 0 radical (unpaired) electrons. The summed E-state index contributed by atoms with van der Waals surface area (Å²) >= 11 is 0. The van der Waals surface area contributed by atoms with Crippen molar-refractivity contribution in [1.29, 1.82) is 0 Å². The van der Waals surface area contributed by atoms with Crippen molar-refractivity contribution in [3.63, 3.8) is 0 Å². The van der Waals surface area contributed by atoms with Gasteiger partial charge >= 0.3 is 0 Å². The molecule has 38 heavy (non-hydrogen) atoms. The van der Waals surface area contributed by atoms with E-state index in [1.54, 1.807) is 12.1 Å². The number of allylic oxidation sites excluding steroid dienone is 2. The number of fused-ring (bicyclic) bond motifs is 5. The van der Waals surface area contributed by atoms with Crippen molar-refractivity contribution in [3.05, 3.63) is 69.3 Å². The first-order chi connectivity index (χ1) is 18.3. The van der Waals surface area contributed by atoms with Gasteiger partial charge in [-0.1, -0.05) is 37.5 Å². The van der Waals surface area contributed by atoms with Gasteiger partial charge in [-0.05, 0) is 67.7 Å². The molecule has 4 N–H and O–H groups in total. The van der Waals surface area contributed by atoms with Crippen LogP contribution in [0.25, 0.3) is 0 Å². The molecule has 7 nitrogen and oxygen atoms in total. The Bertz CT molecular complexity index is 1600. The van der Waals surface area contributed by atoms with E-state index < -0.39 is 41.0 Å². The number of carbonyl (C=O) groups excluding carboxylic acids is 2. The molecule has 1 unspecified atom stereocenters. The molecule has 5 atom stereocenters. The fourth-order valence-corrected chi connectivity index (χ4v) is 6.51. The van der Waals surface area contributed by atoms with Crippen molar-refractivity contribution in [2.75, 3.05) is 5.32 Å². The van der Waals surface area contributed by atoms with Crippen molar-refractivity contribution in [2.24, 2.45) is 0 Å². The number of nitrogens with one attached hydrogen (secondary N) is 1. The van der Waals surface area contributed by atoms with Crippen LogP contribution in [0.15, 0.2) is 30.4 Å². The van der Waals surface area contributed by atoms with E-state index >= 15 is 0 Å². The normalized spacial score (nSPS) is 30.0. The van der Waals surface area contributed by atoms with Crippen LogP contribution in [0, 0.1) is 23.7 Å². The lowest BCUT2D eigenvalue weighted by Crippen LogP contribution is -2.54. The van der Waals surface area contributed by atoms with Gasteiger partial charge in [0, 0.05) is 16.7 Å². The van der Waals surface area contributed by atoms with Crippen LogP contribution < -0.4 is 5.32 Å². The third-order valence-corrected chi connectivity index (χ3v) is 8.17. The number of phenols is 1. The van der Waals surface area contributed by atoms with Gasteiger partial charge in [0.05, 0.1) is 22.9 Å². The Balaban J connectivity index is 0.00000129. The number of aliphatic hydroxyl groups is 2. The summed E-state index contributed by atoms with van der Waals surface area (Å²) in [6.07, 6.45) is 3.20. The molecule has 1 saturated heterocycles. The smallest absolute Gasteiger partial charge is 0.198 e. The first-order valence-electron chi connectivity index (χ1n) is 13.0. The van der Waals surface area contributed by atoms with Gasteiger partial charge in [-0.15, -0.1) is 0 Å². The standard InChI is InChI=1S/C29H21NO6.C2H6/c1-14(31)28-21-9-4-2-3-5-10-22(33)29(28,36-28)19-13-20(32)23-24(25(19)30-21)27(35)18-12-16-8-6-7-15(16)11-17(18)26(23)34;1-2/h2-3,11-14,21-22,30-33H,6-8H2,1H3;1-2H3/b3-2-;/t14-,21+,22?,28+,29+;/m1./s1. The molecule has 192 valence electrons. The van der Waals surface area contributed by atoms with Crippen LogP contribution in [0.2, 0.25) is 0 Å². The topological polar surface area (TPSA) is 119 Å². The monoisotopic (exact) mass is 509 g/mol. The summed E-state index contributed by atoms with van der Waals surface area (Å²) in [6.45, 7) is 5.54. The van der Waals surface area contributed by atoms with Crippen LogP contribution in [-0.2, 0) is 23.2 Å². The molecule has 0 saturated carbocycles. The van der Waals surface area contributed by atoms with Gasteiger partial charge in [-0.25, -0.2) is 0 Å². The molecular weight excluding hydrogens is 482 g/mol. The largest absolute Gasteiger partial charge is 0.507 e. The molecule has 7 rings (SSSR count). The Kier molecular flexibility index (Phi) is 5.35. The maximum Gasteiger partial charge on any atom is 0.198 e. The Morgan fingerprint density at radius 2 is 1.61 bits per heavy atom. The summed E-state index contributed by atoms with van der Waals surface area (Å²) in [5.41, 5.74) is 0.204. The maximum atomic E-state index is 14.0. The Hall–Kier alpha value is -3.88. The minimum atomic E-state index is -1.56. The quantitative estimate of drug-likeness (QED) is 0.226. The van der Waals surface area contributed by atoms with Crippen molar-refractivity contribution in [1.82, 2.24) is 0 Å². The minimum absolute atomic E-state index is 0.0223. The average molecular weight is 510 g/mol. The predicted molar refractivity (Wildman–Crippen MR) is 140 cm³/mol. The number of hydrogen-bond acceptors (Lipinski definition) is 7. The zero-order valence-electron chi connectivity index (χ0n) is 21.3. The minimum Gasteiger partial charge on any atom is -0.507 e. The molecule has 5 aliphatic rings. The number of anilines is 1. The molecule has 0 amide bonds. The van der Waals surface area contributed by atoms with Crippen LogP contribution in [-0.4, -0.2) is 50.7 Å². The lowest BCUT2D eigenvalue weighted by molar-refractivity contribution is 0.0867. The highest BCUT2D eigenvalue weighted by molar-refractivity contribution is 6.31. The first-order valence-corrected chi connectivity index (χ1v) is 13.0. The molecule has 2 aromatic carbocycles. The first kappa shape index (κ1) is 24.5. The number of aryl methyl sites for hydroxylation is 2. The summed E-state index contributed by atoms with van der Waals surface area (Å²) < 4.78 is 6.18. The maximum absolute atomic E-state index is 14.0. The van der Waals surface area contributed by atoms with Crippen LogP contribution in [0.4, 0.5) is 5.69 Å². The van der Waals surface area contributed by atoms with Gasteiger partial charge < -0.3 is 25.4 Å². The second-order valence-corrected chi connectivity index (χ2v) is 9.94. The van der Waals surface area contributed by atoms with E-state index in [-0.39, 0.29) is 33.7 Å². The summed E-state index contributed by atoms with van der Waals surface area (Å²) in [5.74, 6) is 10.1. The highest BCUT2D eigenvalue weighted by Crippen LogP contribution is 2.67.